The fraction of sp³-hybridized carbons (Fsp3) is 0.705. The number of ether oxygens (including phenoxy) is 1. The van der Waals surface area contributed by atoms with Crippen molar-refractivity contribution in [2.75, 3.05) is 0 Å². The van der Waals surface area contributed by atoms with Gasteiger partial charge in [0, 0.05) is 29.9 Å². The molecule has 290 valence electrons. The second-order valence-electron chi connectivity index (χ2n) is 19.9. The Labute approximate surface area is 319 Å². The van der Waals surface area contributed by atoms with Crippen LogP contribution >= 0.6 is 0 Å². The predicted octanol–water partition coefficient (Wildman–Crippen LogP) is 8.94. The van der Waals surface area contributed by atoms with Crippen molar-refractivity contribution in [3.63, 3.8) is 0 Å². The number of nitrogens with zero attached hydrogens (tertiary/aromatic N) is 4. The highest BCUT2D eigenvalue weighted by Gasteiger charge is 2.70. The topological polar surface area (TPSA) is 156 Å². The van der Waals surface area contributed by atoms with Gasteiger partial charge in [-0.25, -0.2) is 4.98 Å². The first-order chi connectivity index (χ1) is 25.2. The van der Waals surface area contributed by atoms with Crippen molar-refractivity contribution in [1.82, 2.24) is 15.2 Å². The molecule has 54 heavy (non-hydrogen) atoms. The second kappa shape index (κ2) is 12.8. The lowest BCUT2D eigenvalue weighted by atomic mass is 9.33. The van der Waals surface area contributed by atoms with Gasteiger partial charge in [0.2, 0.25) is 5.89 Å². The number of pyridine rings is 1. The first-order valence-electron chi connectivity index (χ1n) is 20.1. The molecule has 5 aliphatic carbocycles. The summed E-state index contributed by atoms with van der Waals surface area (Å²) in [7, 11) is 0. The molecule has 0 radical (unpaired) electrons. The number of hydrogen-bond acceptors (Lipinski definition) is 9. The molecule has 0 aromatic carbocycles. The number of carboxylic acid groups (broad SMARTS) is 1. The van der Waals surface area contributed by atoms with Crippen molar-refractivity contribution in [3.8, 4) is 17.7 Å². The fourth-order valence-electron chi connectivity index (χ4n) is 13.1. The Bertz CT molecular complexity index is 1940. The number of fused-ring (bicyclic) bond motifs is 7. The Morgan fingerprint density at radius 1 is 1.00 bits per heavy atom. The monoisotopic (exact) mass is 738 g/mol. The van der Waals surface area contributed by atoms with E-state index in [1.54, 1.807) is 26.0 Å². The first-order valence-corrected chi connectivity index (χ1v) is 20.1. The van der Waals surface area contributed by atoms with Gasteiger partial charge in [-0.2, -0.15) is 5.26 Å². The minimum absolute atomic E-state index is 0.00419. The smallest absolute Gasteiger partial charge is 0.309 e. The fourth-order valence-corrected chi connectivity index (χ4v) is 13.1. The van der Waals surface area contributed by atoms with Crippen LogP contribution in [0.1, 0.15) is 138 Å². The van der Waals surface area contributed by atoms with Gasteiger partial charge in [-0.1, -0.05) is 54.0 Å². The van der Waals surface area contributed by atoms with Gasteiger partial charge in [0.05, 0.1) is 17.4 Å². The maximum Gasteiger partial charge on any atom is 0.309 e. The summed E-state index contributed by atoms with van der Waals surface area (Å²) in [5.41, 5.74) is 1.70. The second-order valence-corrected chi connectivity index (χ2v) is 19.9. The molecule has 2 heterocycles. The van der Waals surface area contributed by atoms with Crippen molar-refractivity contribution in [2.45, 2.75) is 139 Å². The van der Waals surface area contributed by atoms with Gasteiger partial charge in [0.1, 0.15) is 17.9 Å². The summed E-state index contributed by atoms with van der Waals surface area (Å²) in [5, 5.41) is 27.6. The van der Waals surface area contributed by atoms with Crippen LogP contribution in [0.2, 0.25) is 0 Å². The van der Waals surface area contributed by atoms with Gasteiger partial charge in [0.15, 0.2) is 5.78 Å². The van der Waals surface area contributed by atoms with E-state index in [0.29, 0.717) is 47.7 Å². The average molecular weight is 739 g/mol. The largest absolute Gasteiger partial charge is 0.481 e. The Kier molecular flexibility index (Phi) is 9.14. The number of carbonyl (C=O) groups is 3. The number of nitriles is 1. The van der Waals surface area contributed by atoms with Crippen LogP contribution in [0.15, 0.2) is 33.9 Å². The highest BCUT2D eigenvalue weighted by Crippen LogP contribution is 2.77. The van der Waals surface area contributed by atoms with Gasteiger partial charge >= 0.3 is 11.9 Å². The standard InChI is InChI=1S/C44H58N4O6/c1-25(2)35-29(49)20-44(21-33-47-48-37(54-33)28-12-10-26(23-45)24-46-28)19-18-42(8)27(36(35)44)11-13-31-41(7)16-15-32(53-34(50)22-39(3,4)38(51)52)40(5,6)30(41)14-17-43(31,42)9/h10,12,24-25,27,30-32H,11,13-22H2,1-9H3,(H,51,52)/t27-,30+,31-,32+,41+,42-,43-,44+/m1/s1. The first kappa shape index (κ1) is 38.4. The van der Waals surface area contributed by atoms with Crippen molar-refractivity contribution in [1.29, 1.82) is 5.26 Å². The molecule has 0 spiro atoms. The molecule has 10 heteroatoms. The molecule has 0 saturated heterocycles. The number of Topliss-reactive ketones (excluding diaryl/α,β-unsaturated/α-hetero) is 1. The zero-order valence-electron chi connectivity index (χ0n) is 33.7. The van der Waals surface area contributed by atoms with E-state index in [2.05, 4.69) is 69.7 Å². The maximum atomic E-state index is 14.1. The molecule has 0 amide bonds. The van der Waals surface area contributed by atoms with E-state index >= 15 is 0 Å². The Morgan fingerprint density at radius 3 is 2.39 bits per heavy atom. The molecule has 0 bridgehead atoms. The van der Waals surface area contributed by atoms with Crippen LogP contribution < -0.4 is 0 Å². The molecule has 5 aliphatic rings. The molecular weight excluding hydrogens is 681 g/mol. The van der Waals surface area contributed by atoms with Crippen molar-refractivity contribution in [2.24, 2.45) is 56.2 Å². The number of hydrogen-bond donors (Lipinski definition) is 1. The third kappa shape index (κ3) is 5.69. The van der Waals surface area contributed by atoms with Crippen LogP contribution in [-0.2, 0) is 25.5 Å². The van der Waals surface area contributed by atoms with Crippen molar-refractivity contribution >= 4 is 17.7 Å². The van der Waals surface area contributed by atoms with E-state index in [1.807, 2.05) is 0 Å². The Balaban J connectivity index is 1.17. The number of carboxylic acids is 1. The summed E-state index contributed by atoms with van der Waals surface area (Å²) in [4.78, 5) is 43.3. The average Bonchev–Trinajstić information content (AvgIpc) is 3.67. The number of rotatable bonds is 8. The van der Waals surface area contributed by atoms with Crippen LogP contribution in [0.5, 0.6) is 0 Å². The van der Waals surface area contributed by atoms with Gasteiger partial charge < -0.3 is 14.3 Å². The Hall–Kier alpha value is -3.87. The number of esters is 1. The van der Waals surface area contributed by atoms with Gasteiger partial charge in [-0.05, 0) is 123 Å². The van der Waals surface area contributed by atoms with Gasteiger partial charge in [-0.3, -0.25) is 14.4 Å². The zero-order valence-corrected chi connectivity index (χ0v) is 33.7. The van der Waals surface area contributed by atoms with Crippen LogP contribution in [0.4, 0.5) is 0 Å². The predicted molar refractivity (Wildman–Crippen MR) is 201 cm³/mol. The molecule has 0 aliphatic heterocycles. The quantitative estimate of drug-likeness (QED) is 0.259. The van der Waals surface area contributed by atoms with Crippen molar-refractivity contribution < 1.29 is 28.6 Å². The number of carbonyl (C=O) groups excluding carboxylic acids is 2. The lowest BCUT2D eigenvalue weighted by Crippen LogP contribution is -2.65. The zero-order chi connectivity index (χ0) is 39.2. The molecule has 4 saturated carbocycles. The minimum Gasteiger partial charge on any atom is -0.481 e. The number of ketones is 1. The summed E-state index contributed by atoms with van der Waals surface area (Å²) < 4.78 is 12.4. The third-order valence-corrected chi connectivity index (χ3v) is 16.0. The van der Waals surface area contributed by atoms with Crippen LogP contribution in [0, 0.1) is 67.5 Å². The van der Waals surface area contributed by atoms with Gasteiger partial charge in [0.25, 0.3) is 5.89 Å². The molecule has 10 nitrogen and oxygen atoms in total. The molecule has 1 N–H and O–H groups in total. The summed E-state index contributed by atoms with van der Waals surface area (Å²) in [6, 6.07) is 5.50. The van der Waals surface area contributed by atoms with E-state index in [-0.39, 0.29) is 57.2 Å². The molecule has 0 unspecified atom stereocenters. The molecule has 7 rings (SSSR count). The lowest BCUT2D eigenvalue weighted by molar-refractivity contribution is -0.233. The summed E-state index contributed by atoms with van der Waals surface area (Å²) in [5.74, 6) is 0.935. The van der Waals surface area contributed by atoms with E-state index in [0.717, 1.165) is 56.9 Å². The summed E-state index contributed by atoms with van der Waals surface area (Å²) in [6.45, 7) is 19.6. The Morgan fingerprint density at radius 2 is 1.74 bits per heavy atom. The third-order valence-electron chi connectivity index (χ3n) is 16.0. The highest BCUT2D eigenvalue weighted by atomic mass is 16.5. The minimum atomic E-state index is -1.17. The maximum absolute atomic E-state index is 14.1. The molecule has 2 aromatic heterocycles. The normalized spacial score (nSPS) is 35.8. The number of aliphatic carboxylic acids is 1. The van der Waals surface area contributed by atoms with Crippen molar-refractivity contribution in [3.05, 3.63) is 40.9 Å². The van der Waals surface area contributed by atoms with Crippen LogP contribution in [0.25, 0.3) is 11.6 Å². The highest BCUT2D eigenvalue weighted by molar-refractivity contribution is 6.00. The number of allylic oxidation sites excluding steroid dienone is 2. The molecule has 2 aromatic rings. The van der Waals surface area contributed by atoms with E-state index in [4.69, 9.17) is 9.15 Å². The van der Waals surface area contributed by atoms with E-state index < -0.39 is 17.4 Å². The SMILES string of the molecule is CC(C)C1=C2[C@H]3CC[C@@H]4[C@@]5(C)CC[C@H](OC(=O)CC(C)(C)C(=O)O)C(C)(C)[C@@H]5CC[C@@]4(C)[C@]3(C)CC[C@@]2(Cc2nnc(-c3ccc(C#N)cn3)o2)CC1=O. The number of aromatic nitrogens is 3. The molecule has 4 fully saturated rings. The molecule has 8 atom stereocenters. The van der Waals surface area contributed by atoms with Crippen LogP contribution in [-0.4, -0.2) is 44.1 Å². The van der Waals surface area contributed by atoms with Crippen LogP contribution in [0.3, 0.4) is 0 Å². The lowest BCUT2D eigenvalue weighted by Gasteiger charge is -2.72. The van der Waals surface area contributed by atoms with Gasteiger partial charge in [-0.15, -0.1) is 10.2 Å². The summed E-state index contributed by atoms with van der Waals surface area (Å²) in [6.07, 6.45) is 10.0. The molecular formula is C44H58N4O6. The summed E-state index contributed by atoms with van der Waals surface area (Å²) >= 11 is 0. The van der Waals surface area contributed by atoms with E-state index in [9.17, 15) is 24.8 Å². The van der Waals surface area contributed by atoms with E-state index in [1.165, 1.54) is 11.8 Å².